The van der Waals surface area contributed by atoms with E-state index < -0.39 is 8.80 Å². The molecule has 1 aliphatic rings. The third-order valence-electron chi connectivity index (χ3n) is 4.07. The minimum Gasteiger partial charge on any atom is -0.374 e. The fraction of sp³-hybridized carbons (Fsp3) is 0.824. The first-order valence-corrected chi connectivity index (χ1v) is 13.1. The summed E-state index contributed by atoms with van der Waals surface area (Å²) in [4.78, 5) is 38.3. The summed E-state index contributed by atoms with van der Waals surface area (Å²) in [6.07, 6.45) is 2.92. The largest absolute Gasteiger partial charge is 0.500 e. The molecule has 0 spiro atoms. The van der Waals surface area contributed by atoms with Gasteiger partial charge in [0.2, 0.25) is 5.91 Å². The molecule has 1 heterocycles. The Morgan fingerprint density at radius 1 is 1.00 bits per heavy atom. The minimum atomic E-state index is -2.77. The van der Waals surface area contributed by atoms with Crippen LogP contribution in [0.25, 0.3) is 0 Å². The lowest BCUT2D eigenvalue weighted by molar-refractivity contribution is -0.120. The van der Waals surface area contributed by atoms with Gasteiger partial charge in [-0.2, -0.15) is 11.8 Å². The molecule has 1 rings (SSSR count). The Balaban J connectivity index is 2.39. The van der Waals surface area contributed by atoms with Gasteiger partial charge in [-0.25, -0.2) is 19.4 Å². The Morgan fingerprint density at radius 2 is 1.54 bits per heavy atom. The molecule has 0 atom stereocenters. The molecule has 162 valence electrons. The van der Waals surface area contributed by atoms with Crippen LogP contribution in [-0.4, -0.2) is 88.0 Å². The Kier molecular flexibility index (Phi) is 11.7. The summed E-state index contributed by atoms with van der Waals surface area (Å²) in [5, 5.41) is 2.72. The predicted molar refractivity (Wildman–Crippen MR) is 110 cm³/mol. The number of carbonyl (C=O) groups excluding carboxylic acids is 3. The highest BCUT2D eigenvalue weighted by molar-refractivity contribution is 7.98. The van der Waals surface area contributed by atoms with E-state index in [-0.39, 0.29) is 31.1 Å². The van der Waals surface area contributed by atoms with Crippen molar-refractivity contribution < 1.29 is 27.7 Å². The van der Waals surface area contributed by atoms with Gasteiger partial charge in [0.15, 0.2) is 0 Å². The maximum absolute atomic E-state index is 12.2. The molecule has 1 saturated heterocycles. The highest BCUT2D eigenvalue weighted by Crippen LogP contribution is 2.21. The Labute approximate surface area is 172 Å². The van der Waals surface area contributed by atoms with Gasteiger partial charge in [-0.1, -0.05) is 0 Å². The van der Waals surface area contributed by atoms with Crippen molar-refractivity contribution in [2.24, 2.45) is 0 Å². The number of hydrogen-bond donors (Lipinski definition) is 1. The van der Waals surface area contributed by atoms with E-state index in [1.54, 1.807) is 11.8 Å². The molecule has 5 amide bonds. The average Bonchev–Trinajstić information content (AvgIpc) is 2.67. The van der Waals surface area contributed by atoms with Crippen molar-refractivity contribution in [3.63, 3.8) is 0 Å². The number of hydrogen-bond acceptors (Lipinski definition) is 7. The molecule has 1 N–H and O–H groups in total. The molecular formula is C17H33N3O6SSi. The van der Waals surface area contributed by atoms with Crippen LogP contribution in [-0.2, 0) is 18.1 Å². The number of nitrogens with zero attached hydrogens (tertiary/aromatic N) is 2. The van der Waals surface area contributed by atoms with Gasteiger partial charge < -0.3 is 18.6 Å². The highest BCUT2D eigenvalue weighted by atomic mass is 32.2. The second-order valence-electron chi connectivity index (χ2n) is 6.05. The van der Waals surface area contributed by atoms with Crippen LogP contribution in [0.3, 0.4) is 0 Å². The zero-order valence-corrected chi connectivity index (χ0v) is 19.1. The summed E-state index contributed by atoms with van der Waals surface area (Å²) < 4.78 is 17.3. The summed E-state index contributed by atoms with van der Waals surface area (Å²) in [7, 11) is -2.77. The summed E-state index contributed by atoms with van der Waals surface area (Å²) in [6.45, 7) is 7.90. The van der Waals surface area contributed by atoms with E-state index in [0.717, 1.165) is 10.7 Å². The van der Waals surface area contributed by atoms with E-state index in [1.807, 2.05) is 27.0 Å². The smallest absolute Gasteiger partial charge is 0.374 e. The van der Waals surface area contributed by atoms with Crippen LogP contribution in [0.15, 0.2) is 0 Å². The van der Waals surface area contributed by atoms with Crippen molar-refractivity contribution in [3.8, 4) is 0 Å². The van der Waals surface area contributed by atoms with E-state index in [4.69, 9.17) is 13.3 Å². The first-order chi connectivity index (χ1) is 13.4. The number of imide groups is 2. The van der Waals surface area contributed by atoms with Crippen molar-refractivity contribution in [2.75, 3.05) is 51.5 Å². The molecule has 1 aliphatic heterocycles. The standard InChI is InChI=1S/C17H33N3O6SSi/c1-5-24-28(25-6-2,26-7-3)14-8-11-19-16(22)20(17(19)23)12-10-18-15(21)9-13-27-4/h5-14H2,1-4H3,(H,18,21). The Morgan fingerprint density at radius 3 is 2.04 bits per heavy atom. The van der Waals surface area contributed by atoms with Crippen LogP contribution < -0.4 is 5.32 Å². The molecule has 0 saturated carbocycles. The van der Waals surface area contributed by atoms with Crippen LogP contribution >= 0.6 is 11.8 Å². The topological polar surface area (TPSA) is 97.4 Å². The molecular weight excluding hydrogens is 402 g/mol. The molecule has 0 aromatic rings. The fourth-order valence-corrected chi connectivity index (χ4v) is 5.82. The first kappa shape index (κ1) is 24.9. The van der Waals surface area contributed by atoms with Gasteiger partial charge in [0.1, 0.15) is 0 Å². The number of rotatable bonds is 16. The lowest BCUT2D eigenvalue weighted by atomic mass is 10.3. The number of nitrogens with one attached hydrogen (secondary N) is 1. The molecule has 1 fully saturated rings. The van der Waals surface area contributed by atoms with Crippen LogP contribution in [0, 0.1) is 0 Å². The van der Waals surface area contributed by atoms with Crippen LogP contribution in [0.2, 0.25) is 6.04 Å². The molecule has 0 aliphatic carbocycles. The van der Waals surface area contributed by atoms with Gasteiger partial charge in [-0.3, -0.25) is 4.79 Å². The van der Waals surface area contributed by atoms with Crippen LogP contribution in [0.1, 0.15) is 33.6 Å². The van der Waals surface area contributed by atoms with Crippen molar-refractivity contribution in [1.29, 1.82) is 0 Å². The first-order valence-electron chi connectivity index (χ1n) is 9.75. The van der Waals surface area contributed by atoms with E-state index in [2.05, 4.69) is 5.32 Å². The molecule has 0 aromatic carbocycles. The van der Waals surface area contributed by atoms with Crippen LogP contribution in [0.5, 0.6) is 0 Å². The van der Waals surface area contributed by atoms with Gasteiger partial charge in [-0.15, -0.1) is 0 Å². The van der Waals surface area contributed by atoms with Gasteiger partial charge >= 0.3 is 20.9 Å². The third kappa shape index (κ3) is 7.36. The average molecular weight is 436 g/mol. The summed E-state index contributed by atoms with van der Waals surface area (Å²) in [6, 6.07) is -0.120. The fourth-order valence-electron chi connectivity index (χ4n) is 2.84. The third-order valence-corrected chi connectivity index (χ3v) is 7.84. The monoisotopic (exact) mass is 435 g/mol. The van der Waals surface area contributed by atoms with E-state index in [1.165, 1.54) is 4.90 Å². The number of amides is 5. The summed E-state index contributed by atoms with van der Waals surface area (Å²) in [5.74, 6) is 0.674. The lowest BCUT2D eigenvalue weighted by Crippen LogP contribution is -2.65. The van der Waals surface area contributed by atoms with Crippen LogP contribution in [0.4, 0.5) is 9.59 Å². The van der Waals surface area contributed by atoms with Crippen molar-refractivity contribution in [3.05, 3.63) is 0 Å². The quantitative estimate of drug-likeness (QED) is 0.371. The maximum atomic E-state index is 12.2. The molecule has 0 unspecified atom stereocenters. The number of urea groups is 2. The zero-order chi connectivity index (χ0) is 21.0. The molecule has 0 radical (unpaired) electrons. The minimum absolute atomic E-state index is 0.0734. The van der Waals surface area contributed by atoms with Gasteiger partial charge in [-0.05, 0) is 33.4 Å². The number of carbonyl (C=O) groups is 3. The van der Waals surface area contributed by atoms with E-state index in [0.29, 0.717) is 45.3 Å². The van der Waals surface area contributed by atoms with Crippen molar-refractivity contribution in [1.82, 2.24) is 15.1 Å². The zero-order valence-electron chi connectivity index (χ0n) is 17.3. The van der Waals surface area contributed by atoms with E-state index >= 15 is 0 Å². The second kappa shape index (κ2) is 13.1. The lowest BCUT2D eigenvalue weighted by Gasteiger charge is -2.39. The maximum Gasteiger partial charge on any atom is 0.500 e. The normalized spacial score (nSPS) is 14.4. The molecule has 0 bridgehead atoms. The van der Waals surface area contributed by atoms with Gasteiger partial charge in [0.05, 0.1) is 0 Å². The second-order valence-corrected chi connectivity index (χ2v) is 9.76. The number of thioether (sulfide) groups is 1. The SMILES string of the molecule is CCO[Si](CCCN1C(=O)N(CCNC(=O)CCSC)C1=O)(OCC)OCC. The summed E-state index contributed by atoms with van der Waals surface area (Å²) in [5.41, 5.74) is 0. The Bertz CT molecular complexity index is 492. The Hall–Kier alpha value is -1.14. The van der Waals surface area contributed by atoms with E-state index in [9.17, 15) is 14.4 Å². The van der Waals surface area contributed by atoms with Crippen molar-refractivity contribution in [2.45, 2.75) is 39.7 Å². The molecule has 28 heavy (non-hydrogen) atoms. The van der Waals surface area contributed by atoms with Gasteiger partial charge in [0.25, 0.3) is 0 Å². The molecule has 9 nitrogen and oxygen atoms in total. The van der Waals surface area contributed by atoms with Crippen molar-refractivity contribution >= 4 is 38.5 Å². The van der Waals surface area contributed by atoms with Gasteiger partial charge in [0, 0.05) is 57.7 Å². The molecule has 0 aromatic heterocycles. The summed E-state index contributed by atoms with van der Waals surface area (Å²) >= 11 is 1.59. The highest BCUT2D eigenvalue weighted by Gasteiger charge is 2.44. The molecule has 11 heteroatoms. The predicted octanol–water partition coefficient (Wildman–Crippen LogP) is 2.15.